The zero-order valence-corrected chi connectivity index (χ0v) is 38.8. The number of ether oxygens (including phenoxy) is 3. The van der Waals surface area contributed by atoms with Crippen LogP contribution in [-0.4, -0.2) is 37.2 Å². The summed E-state index contributed by atoms with van der Waals surface area (Å²) in [6.07, 6.45) is 53.1. The second-order valence-electron chi connectivity index (χ2n) is 17.1. The van der Waals surface area contributed by atoms with Crippen LogP contribution < -0.4 is 0 Å². The van der Waals surface area contributed by atoms with Gasteiger partial charge in [0.15, 0.2) is 6.10 Å². The van der Waals surface area contributed by atoms with Crippen LogP contribution in [-0.2, 0) is 28.6 Å². The van der Waals surface area contributed by atoms with Crippen molar-refractivity contribution < 1.29 is 28.6 Å². The molecule has 340 valence electrons. The van der Waals surface area contributed by atoms with Crippen molar-refractivity contribution in [1.82, 2.24) is 0 Å². The normalized spacial score (nSPS) is 12.1. The number of carbonyl (C=O) groups excluding carboxylic acids is 3. The Hall–Kier alpha value is -2.11. The second kappa shape index (κ2) is 47.6. The van der Waals surface area contributed by atoms with Crippen molar-refractivity contribution >= 4 is 17.9 Å². The molecule has 0 radical (unpaired) electrons. The molecule has 0 aliphatic carbocycles. The molecule has 6 nitrogen and oxygen atoms in total. The third-order valence-electron chi connectivity index (χ3n) is 11.2. The molecule has 0 fully saturated rings. The Morgan fingerprint density at radius 1 is 0.328 bits per heavy atom. The van der Waals surface area contributed by atoms with E-state index < -0.39 is 6.10 Å². The third kappa shape index (κ3) is 45.0. The Morgan fingerprint density at radius 2 is 0.569 bits per heavy atom. The molecule has 1 unspecified atom stereocenters. The summed E-state index contributed by atoms with van der Waals surface area (Å²) in [6.45, 7) is 6.60. The molecule has 0 rings (SSSR count). The van der Waals surface area contributed by atoms with E-state index in [4.69, 9.17) is 14.2 Å². The zero-order valence-electron chi connectivity index (χ0n) is 38.8. The molecule has 0 aliphatic rings. The number of hydrogen-bond acceptors (Lipinski definition) is 6. The van der Waals surface area contributed by atoms with Crippen molar-refractivity contribution in [2.45, 2.75) is 277 Å². The fourth-order valence-electron chi connectivity index (χ4n) is 7.31. The minimum absolute atomic E-state index is 0.0733. The lowest BCUT2D eigenvalue weighted by Gasteiger charge is -2.18. The highest BCUT2D eigenvalue weighted by Crippen LogP contribution is 2.15. The van der Waals surface area contributed by atoms with Crippen LogP contribution in [0.4, 0.5) is 0 Å². The first-order valence-electron chi connectivity index (χ1n) is 25.3. The molecule has 0 aliphatic heterocycles. The van der Waals surface area contributed by atoms with Gasteiger partial charge in [0.05, 0.1) is 0 Å². The van der Waals surface area contributed by atoms with Crippen molar-refractivity contribution in [2.75, 3.05) is 13.2 Å². The largest absolute Gasteiger partial charge is 0.462 e. The number of allylic oxidation sites excluding steroid dienone is 4. The van der Waals surface area contributed by atoms with E-state index in [0.29, 0.717) is 19.3 Å². The Labute approximate surface area is 360 Å². The fraction of sp³-hybridized carbons (Fsp3) is 0.865. The highest BCUT2D eigenvalue weighted by atomic mass is 16.6. The van der Waals surface area contributed by atoms with Crippen molar-refractivity contribution in [3.8, 4) is 0 Å². The van der Waals surface area contributed by atoms with E-state index in [0.717, 1.165) is 64.2 Å². The first-order chi connectivity index (χ1) is 28.5. The summed E-state index contributed by atoms with van der Waals surface area (Å²) in [5, 5.41) is 0. The van der Waals surface area contributed by atoms with E-state index >= 15 is 0 Å². The molecule has 0 saturated carbocycles. The lowest BCUT2D eigenvalue weighted by molar-refractivity contribution is -0.167. The number of rotatable bonds is 46. The van der Waals surface area contributed by atoms with E-state index in [2.05, 4.69) is 45.1 Å². The summed E-state index contributed by atoms with van der Waals surface area (Å²) in [6, 6.07) is 0. The monoisotopic (exact) mass is 817 g/mol. The third-order valence-corrected chi connectivity index (χ3v) is 11.2. The molecule has 0 bridgehead atoms. The lowest BCUT2D eigenvalue weighted by atomic mass is 10.1. The standard InChI is InChI=1S/C52H96O6/c1-4-7-10-13-16-19-21-23-25-26-27-28-30-31-33-36-39-42-45-51(54)57-48-49(47-56-50(53)44-41-38-35-18-15-12-9-6-3)58-52(55)46-43-40-37-34-32-29-24-22-20-17-14-11-8-5-2/h22,24-26,49H,4-21,23,27-48H2,1-3H3/b24-22-,26-25-. The molecule has 0 amide bonds. The lowest BCUT2D eigenvalue weighted by Crippen LogP contribution is -2.30. The van der Waals surface area contributed by atoms with E-state index in [1.165, 1.54) is 167 Å². The minimum Gasteiger partial charge on any atom is -0.462 e. The van der Waals surface area contributed by atoms with Gasteiger partial charge in [-0.1, -0.05) is 206 Å². The zero-order chi connectivity index (χ0) is 42.3. The van der Waals surface area contributed by atoms with Crippen LogP contribution >= 0.6 is 0 Å². The number of hydrogen-bond donors (Lipinski definition) is 0. The molecule has 0 saturated heterocycles. The highest BCUT2D eigenvalue weighted by molar-refractivity contribution is 5.71. The van der Waals surface area contributed by atoms with Crippen LogP contribution in [0, 0.1) is 0 Å². The first kappa shape index (κ1) is 55.9. The van der Waals surface area contributed by atoms with Gasteiger partial charge in [0.2, 0.25) is 0 Å². The Morgan fingerprint density at radius 3 is 0.862 bits per heavy atom. The topological polar surface area (TPSA) is 78.9 Å². The van der Waals surface area contributed by atoms with Crippen LogP contribution in [0.2, 0.25) is 0 Å². The highest BCUT2D eigenvalue weighted by Gasteiger charge is 2.19. The summed E-state index contributed by atoms with van der Waals surface area (Å²) in [5.74, 6) is -0.881. The summed E-state index contributed by atoms with van der Waals surface area (Å²) < 4.78 is 16.7. The maximum Gasteiger partial charge on any atom is 0.306 e. The van der Waals surface area contributed by atoms with Gasteiger partial charge in [0.25, 0.3) is 0 Å². The van der Waals surface area contributed by atoms with E-state index in [9.17, 15) is 14.4 Å². The molecule has 0 aromatic carbocycles. The van der Waals surface area contributed by atoms with Crippen LogP contribution in [0.15, 0.2) is 24.3 Å². The fourth-order valence-corrected chi connectivity index (χ4v) is 7.31. The van der Waals surface area contributed by atoms with Crippen LogP contribution in [0.25, 0.3) is 0 Å². The molecule has 58 heavy (non-hydrogen) atoms. The van der Waals surface area contributed by atoms with Crippen molar-refractivity contribution in [3.05, 3.63) is 24.3 Å². The van der Waals surface area contributed by atoms with Gasteiger partial charge in [-0.25, -0.2) is 0 Å². The summed E-state index contributed by atoms with van der Waals surface area (Å²) in [4.78, 5) is 37.8. The van der Waals surface area contributed by atoms with Gasteiger partial charge < -0.3 is 14.2 Å². The molecule has 0 heterocycles. The Balaban J connectivity index is 4.27. The van der Waals surface area contributed by atoms with Crippen LogP contribution in [0.3, 0.4) is 0 Å². The molecule has 6 heteroatoms. The molecule has 1 atom stereocenters. The SMILES string of the molecule is CCCCCCC/C=C\CCCCCCCC(=O)OC(COC(=O)CCCCCCCCCC)COC(=O)CCCCCCCCC/C=C\CCCCCCCCC. The number of esters is 3. The number of unbranched alkanes of at least 4 members (excludes halogenated alkanes) is 31. The van der Waals surface area contributed by atoms with Gasteiger partial charge >= 0.3 is 17.9 Å². The van der Waals surface area contributed by atoms with E-state index in [-0.39, 0.29) is 31.1 Å². The molecule has 0 aromatic rings. The van der Waals surface area contributed by atoms with Crippen molar-refractivity contribution in [2.24, 2.45) is 0 Å². The van der Waals surface area contributed by atoms with Gasteiger partial charge in [0, 0.05) is 19.3 Å². The summed E-state index contributed by atoms with van der Waals surface area (Å²) in [5.41, 5.74) is 0. The van der Waals surface area contributed by atoms with E-state index in [1.807, 2.05) is 0 Å². The van der Waals surface area contributed by atoms with Crippen molar-refractivity contribution in [1.29, 1.82) is 0 Å². The van der Waals surface area contributed by atoms with E-state index in [1.54, 1.807) is 0 Å². The average molecular weight is 817 g/mol. The van der Waals surface area contributed by atoms with Crippen molar-refractivity contribution in [3.63, 3.8) is 0 Å². The minimum atomic E-state index is -0.771. The summed E-state index contributed by atoms with van der Waals surface area (Å²) >= 11 is 0. The Bertz CT molecular complexity index is 942. The molecule has 0 N–H and O–H groups in total. The first-order valence-corrected chi connectivity index (χ1v) is 25.3. The maximum absolute atomic E-state index is 12.7. The number of carbonyl (C=O) groups is 3. The van der Waals surface area contributed by atoms with Gasteiger partial charge in [-0.2, -0.15) is 0 Å². The smallest absolute Gasteiger partial charge is 0.306 e. The predicted octanol–water partition coefficient (Wildman–Crippen LogP) is 16.4. The molecular formula is C52H96O6. The quantitative estimate of drug-likeness (QED) is 0.0263. The molecular weight excluding hydrogens is 721 g/mol. The average Bonchev–Trinajstić information content (AvgIpc) is 3.22. The van der Waals surface area contributed by atoms with Crippen LogP contribution in [0.5, 0.6) is 0 Å². The second-order valence-corrected chi connectivity index (χ2v) is 17.1. The maximum atomic E-state index is 12.7. The van der Waals surface area contributed by atoms with Crippen LogP contribution in [0.1, 0.15) is 271 Å². The molecule has 0 spiro atoms. The Kier molecular flexibility index (Phi) is 45.8. The predicted molar refractivity (Wildman–Crippen MR) is 247 cm³/mol. The van der Waals surface area contributed by atoms with Gasteiger partial charge in [-0.05, 0) is 70.6 Å². The van der Waals surface area contributed by atoms with Gasteiger partial charge in [0.1, 0.15) is 13.2 Å². The van der Waals surface area contributed by atoms with Gasteiger partial charge in [-0.3, -0.25) is 14.4 Å². The summed E-state index contributed by atoms with van der Waals surface area (Å²) in [7, 11) is 0. The molecule has 0 aromatic heterocycles. The van der Waals surface area contributed by atoms with Gasteiger partial charge in [-0.15, -0.1) is 0 Å².